The molecule has 6 heteroatoms. The van der Waals surface area contributed by atoms with E-state index >= 15 is 0 Å². The van der Waals surface area contributed by atoms with Crippen LogP contribution in [-0.4, -0.2) is 27.1 Å². The Kier molecular flexibility index (Phi) is 6.00. The van der Waals surface area contributed by atoms with Crippen molar-refractivity contribution in [1.82, 2.24) is 0 Å². The van der Waals surface area contributed by atoms with Gasteiger partial charge in [0.15, 0.2) is 0 Å². The Balaban J connectivity index is 2.20. The van der Waals surface area contributed by atoms with Crippen LogP contribution in [0.15, 0.2) is 42.5 Å². The summed E-state index contributed by atoms with van der Waals surface area (Å²) in [5.74, 6) is -0.385. The van der Waals surface area contributed by atoms with Crippen LogP contribution in [0.2, 0.25) is 0 Å². The summed E-state index contributed by atoms with van der Waals surface area (Å²) < 4.78 is 25.7. The van der Waals surface area contributed by atoms with E-state index < -0.39 is 10.0 Å². The molecule has 0 radical (unpaired) electrons. The van der Waals surface area contributed by atoms with Crippen LogP contribution in [-0.2, 0) is 20.2 Å². The molecule has 0 heterocycles. The fraction of sp³-hybridized carbons (Fsp3) is 0.381. The van der Waals surface area contributed by atoms with Crippen molar-refractivity contribution in [2.45, 2.75) is 40.0 Å². The highest BCUT2D eigenvalue weighted by atomic mass is 32.2. The van der Waals surface area contributed by atoms with Gasteiger partial charge in [-0.2, -0.15) is 0 Å². The molecule has 0 bridgehead atoms. The minimum Gasteiger partial charge on any atom is -0.325 e. The van der Waals surface area contributed by atoms with Crippen molar-refractivity contribution < 1.29 is 13.2 Å². The summed E-state index contributed by atoms with van der Waals surface area (Å²) in [5.41, 5.74) is 4.19. The lowest BCUT2D eigenvalue weighted by Crippen LogP contribution is -2.37. The number of hydrogen-bond donors (Lipinski definition) is 1. The monoisotopic (exact) mass is 388 g/mol. The van der Waals surface area contributed by atoms with Crippen LogP contribution in [0.25, 0.3) is 0 Å². The molecule has 0 atom stereocenters. The molecule has 0 unspecified atom stereocenters. The molecule has 0 fully saturated rings. The van der Waals surface area contributed by atoms with Crippen molar-refractivity contribution in [1.29, 1.82) is 0 Å². The molecule has 1 amide bonds. The number of anilines is 2. The van der Waals surface area contributed by atoms with E-state index in [2.05, 4.69) is 26.1 Å². The van der Waals surface area contributed by atoms with Crippen LogP contribution in [0.4, 0.5) is 11.4 Å². The van der Waals surface area contributed by atoms with Gasteiger partial charge in [0.05, 0.1) is 11.9 Å². The lowest BCUT2D eigenvalue weighted by atomic mass is 9.87. The zero-order valence-electron chi connectivity index (χ0n) is 16.8. The highest BCUT2D eigenvalue weighted by Gasteiger charge is 2.22. The molecule has 0 saturated heterocycles. The van der Waals surface area contributed by atoms with Gasteiger partial charge in [-0.25, -0.2) is 8.42 Å². The second-order valence-electron chi connectivity index (χ2n) is 7.94. The number of carbonyl (C=O) groups excluding carboxylic acids is 1. The number of amides is 1. The number of benzene rings is 2. The smallest absolute Gasteiger partial charge is 0.245 e. The lowest BCUT2D eigenvalue weighted by Gasteiger charge is -2.24. The number of hydrogen-bond acceptors (Lipinski definition) is 3. The van der Waals surface area contributed by atoms with Gasteiger partial charge in [0.1, 0.15) is 6.54 Å². The van der Waals surface area contributed by atoms with Crippen LogP contribution in [0.1, 0.15) is 37.5 Å². The summed E-state index contributed by atoms with van der Waals surface area (Å²) in [6.07, 6.45) is 1.11. The summed E-state index contributed by atoms with van der Waals surface area (Å²) in [4.78, 5) is 12.5. The fourth-order valence-electron chi connectivity index (χ4n) is 2.85. The number of sulfonamides is 1. The fourth-order valence-corrected chi connectivity index (χ4v) is 3.76. The zero-order valence-corrected chi connectivity index (χ0v) is 17.6. The van der Waals surface area contributed by atoms with Crippen LogP contribution in [0, 0.1) is 13.8 Å². The third-order valence-corrected chi connectivity index (χ3v) is 5.47. The summed E-state index contributed by atoms with van der Waals surface area (Å²) in [6, 6.07) is 13.1. The largest absolute Gasteiger partial charge is 0.325 e. The number of carbonyl (C=O) groups is 1. The Morgan fingerprint density at radius 1 is 1.04 bits per heavy atom. The molecular formula is C21H28N2O3S. The summed E-state index contributed by atoms with van der Waals surface area (Å²) in [6.45, 7) is 9.86. The molecule has 5 nitrogen and oxygen atoms in total. The average Bonchev–Trinajstić information content (AvgIpc) is 2.52. The van der Waals surface area contributed by atoms with Crippen LogP contribution < -0.4 is 9.62 Å². The molecule has 0 saturated carbocycles. The Morgan fingerprint density at radius 2 is 1.63 bits per heavy atom. The Bertz CT molecular complexity index is 927. The Labute approximate surface area is 162 Å². The molecule has 0 aromatic heterocycles. The van der Waals surface area contributed by atoms with E-state index in [1.54, 1.807) is 6.07 Å². The Hall–Kier alpha value is -2.34. The molecule has 27 heavy (non-hydrogen) atoms. The summed E-state index contributed by atoms with van der Waals surface area (Å²) >= 11 is 0. The number of nitrogens with zero attached hydrogens (tertiary/aromatic N) is 1. The third kappa shape index (κ3) is 5.57. The second-order valence-corrected chi connectivity index (χ2v) is 9.84. The summed E-state index contributed by atoms with van der Waals surface area (Å²) in [7, 11) is -3.59. The van der Waals surface area contributed by atoms with E-state index in [0.29, 0.717) is 11.4 Å². The minimum atomic E-state index is -3.59. The molecule has 146 valence electrons. The van der Waals surface area contributed by atoms with Crippen molar-refractivity contribution in [3.8, 4) is 0 Å². The Morgan fingerprint density at radius 3 is 2.11 bits per heavy atom. The maximum Gasteiger partial charge on any atom is 0.245 e. The highest BCUT2D eigenvalue weighted by molar-refractivity contribution is 7.92. The number of rotatable bonds is 5. The molecule has 2 rings (SSSR count). The van der Waals surface area contributed by atoms with Gasteiger partial charge in [0.2, 0.25) is 15.9 Å². The van der Waals surface area contributed by atoms with E-state index in [1.165, 1.54) is 0 Å². The van der Waals surface area contributed by atoms with E-state index in [9.17, 15) is 13.2 Å². The topological polar surface area (TPSA) is 66.5 Å². The van der Waals surface area contributed by atoms with E-state index in [1.807, 2.05) is 50.2 Å². The first-order valence-corrected chi connectivity index (χ1v) is 10.7. The van der Waals surface area contributed by atoms with Gasteiger partial charge in [-0.15, -0.1) is 0 Å². The van der Waals surface area contributed by atoms with Gasteiger partial charge in [0.25, 0.3) is 0 Å². The summed E-state index contributed by atoms with van der Waals surface area (Å²) in [5, 5.41) is 2.78. The van der Waals surface area contributed by atoms with E-state index in [4.69, 9.17) is 0 Å². The SMILES string of the molecule is Cc1ccc(N(CC(=O)Nc2ccc(C(C)(C)C)cc2)S(C)(=O)=O)c(C)c1. The highest BCUT2D eigenvalue weighted by Crippen LogP contribution is 2.25. The molecule has 0 spiro atoms. The average molecular weight is 389 g/mol. The van der Waals surface area contributed by atoms with Gasteiger partial charge in [-0.3, -0.25) is 9.10 Å². The molecule has 1 N–H and O–H groups in total. The second kappa shape index (κ2) is 7.72. The first kappa shape index (κ1) is 21.0. The lowest BCUT2D eigenvalue weighted by molar-refractivity contribution is -0.114. The third-order valence-electron chi connectivity index (χ3n) is 4.34. The predicted octanol–water partition coefficient (Wildman–Crippen LogP) is 4.01. The first-order chi connectivity index (χ1) is 12.4. The van der Waals surface area contributed by atoms with Gasteiger partial charge >= 0.3 is 0 Å². The van der Waals surface area contributed by atoms with Gasteiger partial charge in [-0.05, 0) is 48.6 Å². The van der Waals surface area contributed by atoms with Crippen molar-refractivity contribution in [2.75, 3.05) is 22.4 Å². The maximum atomic E-state index is 12.5. The van der Waals surface area contributed by atoms with Crippen molar-refractivity contribution in [3.05, 3.63) is 59.2 Å². The van der Waals surface area contributed by atoms with Crippen molar-refractivity contribution >= 4 is 27.3 Å². The van der Waals surface area contributed by atoms with Gasteiger partial charge in [-0.1, -0.05) is 50.6 Å². The number of aryl methyl sites for hydroxylation is 2. The van der Waals surface area contributed by atoms with Crippen molar-refractivity contribution in [3.63, 3.8) is 0 Å². The van der Waals surface area contributed by atoms with Gasteiger partial charge < -0.3 is 5.32 Å². The molecule has 0 aliphatic heterocycles. The minimum absolute atomic E-state index is 0.0264. The zero-order chi connectivity index (χ0) is 20.4. The van der Waals surface area contributed by atoms with Gasteiger partial charge in [0, 0.05) is 5.69 Å². The van der Waals surface area contributed by atoms with Crippen molar-refractivity contribution in [2.24, 2.45) is 0 Å². The molecule has 2 aromatic rings. The van der Waals surface area contributed by atoms with Crippen LogP contribution >= 0.6 is 0 Å². The maximum absolute atomic E-state index is 12.5. The van der Waals surface area contributed by atoms with E-state index in [-0.39, 0.29) is 17.9 Å². The van der Waals surface area contributed by atoms with Crippen LogP contribution in [0.5, 0.6) is 0 Å². The standard InChI is InChI=1S/C21H28N2O3S/c1-15-7-12-19(16(2)13-15)23(27(6,25)26)14-20(24)22-18-10-8-17(9-11-18)21(3,4)5/h7-13H,14H2,1-6H3,(H,22,24). The first-order valence-electron chi connectivity index (χ1n) is 8.83. The molecule has 0 aliphatic carbocycles. The number of nitrogens with one attached hydrogen (secondary N) is 1. The molecule has 0 aliphatic rings. The van der Waals surface area contributed by atoms with Crippen LogP contribution in [0.3, 0.4) is 0 Å². The normalized spacial score (nSPS) is 11.9. The predicted molar refractivity (Wildman–Crippen MR) is 112 cm³/mol. The molecule has 2 aromatic carbocycles. The quantitative estimate of drug-likeness (QED) is 0.842. The van der Waals surface area contributed by atoms with E-state index in [0.717, 1.165) is 27.3 Å². The molecular weight excluding hydrogens is 360 g/mol.